The average Bonchev–Trinajstić information content (AvgIpc) is 2.78. The van der Waals surface area contributed by atoms with Crippen molar-refractivity contribution in [3.63, 3.8) is 0 Å². The molecule has 1 atom stereocenters. The van der Waals surface area contributed by atoms with Crippen molar-refractivity contribution in [2.24, 2.45) is 0 Å². The van der Waals surface area contributed by atoms with Gasteiger partial charge in [0.15, 0.2) is 11.5 Å². The lowest BCUT2D eigenvalue weighted by molar-refractivity contribution is -0.122. The lowest BCUT2D eigenvalue weighted by atomic mass is 9.90. The lowest BCUT2D eigenvalue weighted by Crippen LogP contribution is -2.33. The highest BCUT2D eigenvalue weighted by Crippen LogP contribution is 2.30. The Labute approximate surface area is 170 Å². The van der Waals surface area contributed by atoms with Gasteiger partial charge in [-0.2, -0.15) is 0 Å². The van der Waals surface area contributed by atoms with Gasteiger partial charge in [-0.3, -0.25) is 4.79 Å². The van der Waals surface area contributed by atoms with Crippen LogP contribution >= 0.6 is 0 Å². The van der Waals surface area contributed by atoms with E-state index < -0.39 is 12.0 Å². The molecule has 150 valence electrons. The first kappa shape index (κ1) is 20.4. The fourth-order valence-corrected chi connectivity index (χ4v) is 3.26. The Balaban J connectivity index is 1.75. The van der Waals surface area contributed by atoms with Gasteiger partial charge in [0.25, 0.3) is 0 Å². The first-order chi connectivity index (χ1) is 14.1. The topological polar surface area (TPSA) is 67.8 Å². The molecule has 0 spiro atoms. The molecule has 0 saturated heterocycles. The number of hydrogen-bond donors (Lipinski definition) is 2. The number of hydrogen-bond acceptors (Lipinski definition) is 4. The highest BCUT2D eigenvalue weighted by Gasteiger charge is 2.23. The fraction of sp³-hybridized carbons (Fsp3) is 0.208. The van der Waals surface area contributed by atoms with E-state index in [1.165, 1.54) is 0 Å². The van der Waals surface area contributed by atoms with Crippen LogP contribution in [0.15, 0.2) is 78.9 Å². The van der Waals surface area contributed by atoms with Crippen molar-refractivity contribution < 1.29 is 19.4 Å². The van der Waals surface area contributed by atoms with Crippen LogP contribution in [0, 0.1) is 0 Å². The maximum atomic E-state index is 13.0. The number of rotatable bonds is 8. The summed E-state index contributed by atoms with van der Waals surface area (Å²) in [6.45, 7) is 0.0878. The van der Waals surface area contributed by atoms with Crippen molar-refractivity contribution in [1.29, 1.82) is 0 Å². The van der Waals surface area contributed by atoms with Gasteiger partial charge in [0.05, 0.1) is 26.2 Å². The second kappa shape index (κ2) is 9.75. The largest absolute Gasteiger partial charge is 0.493 e. The normalized spacial score (nSPS) is 11.7. The third kappa shape index (κ3) is 4.95. The van der Waals surface area contributed by atoms with Gasteiger partial charge in [-0.05, 0) is 28.8 Å². The number of nitrogens with one attached hydrogen (secondary N) is 1. The van der Waals surface area contributed by atoms with E-state index in [1.807, 2.05) is 60.7 Å². The molecule has 5 nitrogen and oxygen atoms in total. The molecule has 0 heterocycles. The smallest absolute Gasteiger partial charge is 0.232 e. The summed E-state index contributed by atoms with van der Waals surface area (Å²) in [5.41, 5.74) is 2.44. The van der Waals surface area contributed by atoms with Gasteiger partial charge in [-0.25, -0.2) is 0 Å². The highest BCUT2D eigenvalue weighted by atomic mass is 16.5. The van der Waals surface area contributed by atoms with E-state index in [0.717, 1.165) is 11.1 Å². The van der Waals surface area contributed by atoms with E-state index in [9.17, 15) is 9.90 Å². The van der Waals surface area contributed by atoms with Crippen LogP contribution in [0.5, 0.6) is 11.5 Å². The van der Waals surface area contributed by atoms with Crippen molar-refractivity contribution in [2.45, 2.75) is 12.0 Å². The number of aliphatic hydroxyl groups excluding tert-OH is 1. The Morgan fingerprint density at radius 1 is 0.828 bits per heavy atom. The van der Waals surface area contributed by atoms with Crippen LogP contribution in [0.2, 0.25) is 0 Å². The zero-order valence-electron chi connectivity index (χ0n) is 16.5. The van der Waals surface area contributed by atoms with Crippen molar-refractivity contribution in [1.82, 2.24) is 5.32 Å². The number of amides is 1. The Hall–Kier alpha value is -3.31. The van der Waals surface area contributed by atoms with Gasteiger partial charge < -0.3 is 19.9 Å². The summed E-state index contributed by atoms with van der Waals surface area (Å²) in [5, 5.41) is 13.4. The molecule has 0 aromatic heterocycles. The molecule has 0 aliphatic rings. The van der Waals surface area contributed by atoms with E-state index in [2.05, 4.69) is 5.32 Å². The summed E-state index contributed by atoms with van der Waals surface area (Å²) >= 11 is 0. The monoisotopic (exact) mass is 391 g/mol. The van der Waals surface area contributed by atoms with Gasteiger partial charge in [0.2, 0.25) is 5.91 Å². The van der Waals surface area contributed by atoms with E-state index in [0.29, 0.717) is 17.1 Å². The molecule has 0 fully saturated rings. The molecule has 2 N–H and O–H groups in total. The van der Waals surface area contributed by atoms with Crippen LogP contribution in [-0.4, -0.2) is 31.8 Å². The predicted molar refractivity (Wildman–Crippen MR) is 112 cm³/mol. The quantitative estimate of drug-likeness (QED) is 0.615. The van der Waals surface area contributed by atoms with Crippen molar-refractivity contribution in [3.8, 4) is 11.5 Å². The third-order valence-corrected chi connectivity index (χ3v) is 4.79. The molecule has 0 aliphatic carbocycles. The Bertz CT molecular complexity index is 889. The number of benzene rings is 3. The second-order valence-electron chi connectivity index (χ2n) is 6.63. The average molecular weight is 391 g/mol. The molecule has 1 amide bonds. The number of methoxy groups -OCH3 is 2. The fourth-order valence-electron chi connectivity index (χ4n) is 3.26. The Morgan fingerprint density at radius 3 is 1.90 bits per heavy atom. The number of aliphatic hydroxyl groups is 1. The van der Waals surface area contributed by atoms with Gasteiger partial charge in [-0.15, -0.1) is 0 Å². The molecular formula is C24H25NO4. The second-order valence-corrected chi connectivity index (χ2v) is 6.63. The number of carbonyl (C=O) groups is 1. The van der Waals surface area contributed by atoms with Crippen LogP contribution in [0.4, 0.5) is 0 Å². The van der Waals surface area contributed by atoms with E-state index >= 15 is 0 Å². The van der Waals surface area contributed by atoms with Gasteiger partial charge in [-0.1, -0.05) is 66.7 Å². The molecule has 0 saturated carbocycles. The van der Waals surface area contributed by atoms with Gasteiger partial charge in [0, 0.05) is 6.54 Å². The van der Waals surface area contributed by atoms with Crippen molar-refractivity contribution >= 4 is 5.91 Å². The molecule has 3 rings (SSSR count). The first-order valence-corrected chi connectivity index (χ1v) is 9.41. The van der Waals surface area contributed by atoms with Crippen molar-refractivity contribution in [2.75, 3.05) is 20.8 Å². The van der Waals surface area contributed by atoms with E-state index in [1.54, 1.807) is 32.4 Å². The molecule has 0 bridgehead atoms. The van der Waals surface area contributed by atoms with Crippen LogP contribution in [0.3, 0.4) is 0 Å². The molecule has 3 aromatic carbocycles. The molecule has 0 radical (unpaired) electrons. The minimum absolute atomic E-state index is 0.0878. The standard InChI is InChI=1S/C24H25NO4/c1-28-21-14-13-19(15-22(21)29-2)20(26)16-25-24(27)23(17-9-5-3-6-10-17)18-11-7-4-8-12-18/h3-15,20,23,26H,16H2,1-2H3,(H,25,27). The summed E-state index contributed by atoms with van der Waals surface area (Å²) in [6, 6.07) is 24.4. The molecule has 3 aromatic rings. The van der Waals surface area contributed by atoms with Crippen molar-refractivity contribution in [3.05, 3.63) is 95.6 Å². The van der Waals surface area contributed by atoms with Crippen LogP contribution in [0.1, 0.15) is 28.7 Å². The molecule has 0 aliphatic heterocycles. The van der Waals surface area contributed by atoms with E-state index in [4.69, 9.17) is 9.47 Å². The molecule has 5 heteroatoms. The van der Waals surface area contributed by atoms with E-state index in [-0.39, 0.29) is 12.5 Å². The highest BCUT2D eigenvalue weighted by molar-refractivity contribution is 5.87. The summed E-state index contributed by atoms with van der Waals surface area (Å²) in [5.74, 6) is 0.499. The molecule has 29 heavy (non-hydrogen) atoms. The number of ether oxygens (including phenoxy) is 2. The third-order valence-electron chi connectivity index (χ3n) is 4.79. The van der Waals surface area contributed by atoms with Crippen LogP contribution in [0.25, 0.3) is 0 Å². The first-order valence-electron chi connectivity index (χ1n) is 9.41. The maximum absolute atomic E-state index is 13.0. The van der Waals surface area contributed by atoms with Gasteiger partial charge >= 0.3 is 0 Å². The zero-order valence-corrected chi connectivity index (χ0v) is 16.5. The summed E-state index contributed by atoms with van der Waals surface area (Å²) in [6.07, 6.45) is -0.869. The molecular weight excluding hydrogens is 366 g/mol. The minimum Gasteiger partial charge on any atom is -0.493 e. The van der Waals surface area contributed by atoms with Gasteiger partial charge in [0.1, 0.15) is 0 Å². The van der Waals surface area contributed by atoms with Crippen LogP contribution in [-0.2, 0) is 4.79 Å². The zero-order chi connectivity index (χ0) is 20.6. The van der Waals surface area contributed by atoms with Crippen LogP contribution < -0.4 is 14.8 Å². The Kier molecular flexibility index (Phi) is 6.87. The lowest BCUT2D eigenvalue weighted by Gasteiger charge is -2.20. The predicted octanol–water partition coefficient (Wildman–Crippen LogP) is 3.69. The Morgan fingerprint density at radius 2 is 1.38 bits per heavy atom. The maximum Gasteiger partial charge on any atom is 0.232 e. The summed E-state index contributed by atoms with van der Waals surface area (Å²) < 4.78 is 10.5. The summed E-state index contributed by atoms with van der Waals surface area (Å²) in [4.78, 5) is 13.0. The SMILES string of the molecule is COc1ccc(C(O)CNC(=O)C(c2ccccc2)c2ccccc2)cc1OC. The summed E-state index contributed by atoms with van der Waals surface area (Å²) in [7, 11) is 3.10. The minimum atomic E-state index is -0.869. The number of carbonyl (C=O) groups excluding carboxylic acids is 1. The molecule has 1 unspecified atom stereocenters.